The minimum absolute atomic E-state index is 0.0611. The van der Waals surface area contributed by atoms with Crippen molar-refractivity contribution in [2.75, 3.05) is 13.2 Å². The van der Waals surface area contributed by atoms with E-state index >= 15 is 0 Å². The van der Waals surface area contributed by atoms with E-state index in [4.69, 9.17) is 10.2 Å². The standard InChI is InChI=1S/C14H17F2NO4/c1-14(2,3-4-18)7-17-12(19)8-5-10(15)11(16)6-9(8)13(20)21/h5-6,18H,3-4,7H2,1-2H3,(H,17,19)(H,20,21). The lowest BCUT2D eigenvalue weighted by atomic mass is 9.89. The normalized spacial score (nSPS) is 11.3. The van der Waals surface area contributed by atoms with E-state index in [1.54, 1.807) is 13.8 Å². The zero-order valence-electron chi connectivity index (χ0n) is 11.7. The van der Waals surface area contributed by atoms with Crippen molar-refractivity contribution >= 4 is 11.9 Å². The SMILES string of the molecule is CC(C)(CCO)CNC(=O)c1cc(F)c(F)cc1C(=O)O. The first-order valence-corrected chi connectivity index (χ1v) is 6.29. The number of hydrogen-bond acceptors (Lipinski definition) is 3. The molecule has 0 heterocycles. The van der Waals surface area contributed by atoms with Gasteiger partial charge in [0.05, 0.1) is 11.1 Å². The molecule has 21 heavy (non-hydrogen) atoms. The van der Waals surface area contributed by atoms with E-state index in [2.05, 4.69) is 5.32 Å². The van der Waals surface area contributed by atoms with Crippen LogP contribution in [0.15, 0.2) is 12.1 Å². The average molecular weight is 301 g/mol. The monoisotopic (exact) mass is 301 g/mol. The molecule has 0 atom stereocenters. The molecule has 0 spiro atoms. The highest BCUT2D eigenvalue weighted by Crippen LogP contribution is 2.19. The van der Waals surface area contributed by atoms with Crippen LogP contribution in [0.3, 0.4) is 0 Å². The van der Waals surface area contributed by atoms with Gasteiger partial charge < -0.3 is 15.5 Å². The predicted octanol–water partition coefficient (Wildman–Crippen LogP) is 1.80. The molecule has 0 radical (unpaired) electrons. The van der Waals surface area contributed by atoms with Crippen molar-refractivity contribution in [1.29, 1.82) is 0 Å². The van der Waals surface area contributed by atoms with Gasteiger partial charge >= 0.3 is 5.97 Å². The molecule has 0 saturated carbocycles. The van der Waals surface area contributed by atoms with Crippen LogP contribution in [0, 0.1) is 17.0 Å². The molecule has 3 N–H and O–H groups in total. The number of aliphatic hydroxyl groups is 1. The Balaban J connectivity index is 2.97. The highest BCUT2D eigenvalue weighted by atomic mass is 19.2. The maximum Gasteiger partial charge on any atom is 0.336 e. The second-order valence-corrected chi connectivity index (χ2v) is 5.44. The maximum absolute atomic E-state index is 13.2. The number of hydrogen-bond donors (Lipinski definition) is 3. The summed E-state index contributed by atoms with van der Waals surface area (Å²) in [6, 6.07) is 1.04. The molecule has 1 amide bonds. The van der Waals surface area contributed by atoms with E-state index in [-0.39, 0.29) is 13.2 Å². The van der Waals surface area contributed by atoms with Crippen molar-refractivity contribution in [2.24, 2.45) is 5.41 Å². The van der Waals surface area contributed by atoms with E-state index in [9.17, 15) is 18.4 Å². The van der Waals surface area contributed by atoms with Crippen LogP contribution in [-0.2, 0) is 0 Å². The summed E-state index contributed by atoms with van der Waals surface area (Å²) in [6.45, 7) is 3.69. The number of carbonyl (C=O) groups is 2. The zero-order valence-corrected chi connectivity index (χ0v) is 11.7. The van der Waals surface area contributed by atoms with Crippen molar-refractivity contribution in [3.05, 3.63) is 34.9 Å². The van der Waals surface area contributed by atoms with Crippen molar-refractivity contribution < 1.29 is 28.6 Å². The quantitative estimate of drug-likeness (QED) is 0.748. The Morgan fingerprint density at radius 3 is 2.19 bits per heavy atom. The number of carboxylic acids is 1. The van der Waals surface area contributed by atoms with Crippen LogP contribution < -0.4 is 5.32 Å². The minimum Gasteiger partial charge on any atom is -0.478 e. The lowest BCUT2D eigenvalue weighted by Crippen LogP contribution is -2.35. The average Bonchev–Trinajstić information content (AvgIpc) is 2.38. The zero-order chi connectivity index (χ0) is 16.2. The molecule has 0 aliphatic rings. The van der Waals surface area contributed by atoms with Crippen molar-refractivity contribution in [3.8, 4) is 0 Å². The molecule has 0 aliphatic heterocycles. The van der Waals surface area contributed by atoms with Gasteiger partial charge in [-0.2, -0.15) is 0 Å². The summed E-state index contributed by atoms with van der Waals surface area (Å²) in [5.41, 5.74) is -1.46. The second kappa shape index (κ2) is 6.62. The second-order valence-electron chi connectivity index (χ2n) is 5.44. The van der Waals surface area contributed by atoms with Gasteiger partial charge in [0.25, 0.3) is 5.91 Å². The molecule has 0 saturated heterocycles. The number of amides is 1. The van der Waals surface area contributed by atoms with Crippen LogP contribution in [-0.4, -0.2) is 35.2 Å². The number of aromatic carboxylic acids is 1. The van der Waals surface area contributed by atoms with E-state index in [0.717, 1.165) is 0 Å². The van der Waals surface area contributed by atoms with Crippen LogP contribution in [0.4, 0.5) is 8.78 Å². The largest absolute Gasteiger partial charge is 0.478 e. The van der Waals surface area contributed by atoms with Crippen LogP contribution in [0.1, 0.15) is 41.0 Å². The molecule has 0 aromatic heterocycles. The van der Waals surface area contributed by atoms with Crippen molar-refractivity contribution in [3.63, 3.8) is 0 Å². The van der Waals surface area contributed by atoms with E-state index in [0.29, 0.717) is 18.6 Å². The lowest BCUT2D eigenvalue weighted by molar-refractivity contribution is 0.0690. The van der Waals surface area contributed by atoms with Gasteiger partial charge in [0.1, 0.15) is 0 Å². The van der Waals surface area contributed by atoms with E-state index in [1.807, 2.05) is 0 Å². The van der Waals surface area contributed by atoms with Crippen molar-refractivity contribution in [2.45, 2.75) is 20.3 Å². The van der Waals surface area contributed by atoms with Gasteiger partial charge in [-0.15, -0.1) is 0 Å². The summed E-state index contributed by atoms with van der Waals surface area (Å²) in [5, 5.41) is 20.3. The number of carbonyl (C=O) groups excluding carboxylic acids is 1. The summed E-state index contributed by atoms with van der Waals surface area (Å²) >= 11 is 0. The smallest absolute Gasteiger partial charge is 0.336 e. The highest BCUT2D eigenvalue weighted by Gasteiger charge is 2.23. The lowest BCUT2D eigenvalue weighted by Gasteiger charge is -2.24. The first kappa shape index (κ1) is 17.0. The molecule has 5 nitrogen and oxygen atoms in total. The fourth-order valence-corrected chi connectivity index (χ4v) is 1.72. The first-order valence-electron chi connectivity index (χ1n) is 6.29. The van der Waals surface area contributed by atoms with Gasteiger partial charge in [-0.25, -0.2) is 13.6 Å². The van der Waals surface area contributed by atoms with Crippen LogP contribution in [0.2, 0.25) is 0 Å². The molecule has 0 bridgehead atoms. The fraction of sp³-hybridized carbons (Fsp3) is 0.429. The van der Waals surface area contributed by atoms with Crippen LogP contribution in [0.5, 0.6) is 0 Å². The van der Waals surface area contributed by atoms with Gasteiger partial charge in [-0.05, 0) is 24.0 Å². The topological polar surface area (TPSA) is 86.6 Å². The highest BCUT2D eigenvalue weighted by molar-refractivity contribution is 6.04. The molecular weight excluding hydrogens is 284 g/mol. The third-order valence-electron chi connectivity index (χ3n) is 3.05. The number of benzene rings is 1. The number of carboxylic acid groups (broad SMARTS) is 1. The molecule has 7 heteroatoms. The van der Waals surface area contributed by atoms with Crippen LogP contribution >= 0.6 is 0 Å². The summed E-state index contributed by atoms with van der Waals surface area (Å²) in [4.78, 5) is 22.9. The Morgan fingerprint density at radius 2 is 1.71 bits per heavy atom. The number of halogens is 2. The fourth-order valence-electron chi connectivity index (χ4n) is 1.72. The van der Waals surface area contributed by atoms with Gasteiger partial charge in [-0.1, -0.05) is 13.8 Å². The summed E-state index contributed by atoms with van der Waals surface area (Å²) in [5.74, 6) is -4.95. The van der Waals surface area contributed by atoms with Gasteiger partial charge in [0, 0.05) is 13.2 Å². The maximum atomic E-state index is 13.2. The number of aliphatic hydroxyl groups excluding tert-OH is 1. The third-order valence-corrected chi connectivity index (χ3v) is 3.05. The summed E-state index contributed by atoms with van der Waals surface area (Å²) in [7, 11) is 0. The van der Waals surface area contributed by atoms with Gasteiger partial charge in [0.2, 0.25) is 0 Å². The van der Waals surface area contributed by atoms with E-state index in [1.165, 1.54) is 0 Å². The number of rotatable bonds is 6. The third kappa shape index (κ3) is 4.49. The Labute approximate surface area is 120 Å². The Morgan fingerprint density at radius 1 is 1.19 bits per heavy atom. The molecule has 0 fully saturated rings. The molecule has 1 rings (SSSR count). The molecule has 116 valence electrons. The molecule has 0 aliphatic carbocycles. The van der Waals surface area contributed by atoms with Crippen molar-refractivity contribution in [1.82, 2.24) is 5.32 Å². The van der Waals surface area contributed by atoms with Gasteiger partial charge in [-0.3, -0.25) is 4.79 Å². The molecular formula is C14H17F2NO4. The molecule has 0 unspecified atom stereocenters. The molecule has 1 aromatic rings. The molecule has 1 aromatic carbocycles. The number of nitrogens with one attached hydrogen (secondary N) is 1. The Hall–Kier alpha value is -2.02. The Bertz CT molecular complexity index is 558. The predicted molar refractivity (Wildman–Crippen MR) is 71.1 cm³/mol. The minimum atomic E-state index is -1.52. The van der Waals surface area contributed by atoms with E-state index < -0.39 is 40.1 Å². The summed E-state index contributed by atoms with van der Waals surface area (Å²) in [6.07, 6.45) is 0.427. The first-order chi connectivity index (χ1) is 9.68. The van der Waals surface area contributed by atoms with Crippen LogP contribution in [0.25, 0.3) is 0 Å². The summed E-state index contributed by atoms with van der Waals surface area (Å²) < 4.78 is 26.3. The Kier molecular flexibility index (Phi) is 5.37. The van der Waals surface area contributed by atoms with Gasteiger partial charge in [0.15, 0.2) is 11.6 Å².